The molecule has 1 aliphatic rings. The molecule has 1 aromatic carbocycles. The Labute approximate surface area is 205 Å². The van der Waals surface area contributed by atoms with Crippen molar-refractivity contribution in [3.63, 3.8) is 0 Å². The lowest BCUT2D eigenvalue weighted by molar-refractivity contribution is -0.117. The van der Waals surface area contributed by atoms with E-state index in [9.17, 15) is 14.4 Å². The lowest BCUT2D eigenvalue weighted by Gasteiger charge is -2.19. The average Bonchev–Trinajstić information content (AvgIpc) is 3.47. The Balaban J connectivity index is 1.48. The van der Waals surface area contributed by atoms with E-state index < -0.39 is 5.82 Å². The summed E-state index contributed by atoms with van der Waals surface area (Å²) in [5.41, 5.74) is 3.13. The molecule has 0 saturated heterocycles. The number of hydrogen-bond acceptors (Lipinski definition) is 6. The van der Waals surface area contributed by atoms with Gasteiger partial charge in [0.05, 0.1) is 30.1 Å². The molecule has 10 heteroatoms. The standard InChI is InChI=1S/C25H19ClFN7O/c1-33-22(4-7-31-33)32-21-12-19(20(27)14-30-21)17-9-15-5-8-34(24(15)18(10-17)13-28)23(35)11-16-3-2-6-29-25(16)26/h2-4,6-7,9-10,12,14H,5,8,11H2,1H3,(H,30,32). The third kappa shape index (κ3) is 4.32. The summed E-state index contributed by atoms with van der Waals surface area (Å²) in [6, 6.07) is 12.4. The number of pyridine rings is 2. The van der Waals surface area contributed by atoms with E-state index in [2.05, 4.69) is 26.5 Å². The van der Waals surface area contributed by atoms with Gasteiger partial charge in [-0.2, -0.15) is 10.4 Å². The van der Waals surface area contributed by atoms with Crippen molar-refractivity contribution in [1.82, 2.24) is 19.7 Å². The van der Waals surface area contributed by atoms with Crippen LogP contribution < -0.4 is 10.2 Å². The second-order valence-electron chi connectivity index (χ2n) is 8.08. The Morgan fingerprint density at radius 2 is 2.11 bits per heavy atom. The van der Waals surface area contributed by atoms with Crippen LogP contribution in [0.5, 0.6) is 0 Å². The van der Waals surface area contributed by atoms with Crippen molar-refractivity contribution in [2.75, 3.05) is 16.8 Å². The van der Waals surface area contributed by atoms with Gasteiger partial charge in [0.15, 0.2) is 0 Å². The molecule has 0 fully saturated rings. The maximum Gasteiger partial charge on any atom is 0.231 e. The summed E-state index contributed by atoms with van der Waals surface area (Å²) in [5, 5.41) is 17.4. The number of hydrogen-bond donors (Lipinski definition) is 1. The van der Waals surface area contributed by atoms with Crippen molar-refractivity contribution in [2.24, 2.45) is 7.05 Å². The number of benzene rings is 1. The monoisotopic (exact) mass is 487 g/mol. The van der Waals surface area contributed by atoms with E-state index in [4.69, 9.17) is 11.6 Å². The van der Waals surface area contributed by atoms with Gasteiger partial charge < -0.3 is 10.2 Å². The normalized spacial score (nSPS) is 12.3. The number of aromatic nitrogens is 4. The summed E-state index contributed by atoms with van der Waals surface area (Å²) in [4.78, 5) is 22.8. The van der Waals surface area contributed by atoms with Gasteiger partial charge in [-0.3, -0.25) is 9.48 Å². The number of aryl methyl sites for hydroxylation is 1. The van der Waals surface area contributed by atoms with Crippen LogP contribution in [0.15, 0.2) is 55.0 Å². The molecule has 0 saturated carbocycles. The van der Waals surface area contributed by atoms with E-state index in [1.165, 1.54) is 0 Å². The summed E-state index contributed by atoms with van der Waals surface area (Å²) >= 11 is 6.12. The van der Waals surface area contributed by atoms with Gasteiger partial charge in [0.1, 0.15) is 28.7 Å². The lowest BCUT2D eigenvalue weighted by atomic mass is 9.98. The van der Waals surface area contributed by atoms with Gasteiger partial charge in [0.25, 0.3) is 0 Å². The number of rotatable bonds is 5. The van der Waals surface area contributed by atoms with Crippen molar-refractivity contribution in [3.8, 4) is 17.2 Å². The molecule has 0 unspecified atom stereocenters. The molecule has 35 heavy (non-hydrogen) atoms. The Morgan fingerprint density at radius 3 is 2.86 bits per heavy atom. The fraction of sp³-hybridized carbons (Fsp3) is 0.160. The minimum Gasteiger partial charge on any atom is -0.325 e. The van der Waals surface area contributed by atoms with E-state index in [1.807, 2.05) is 6.07 Å². The molecule has 1 amide bonds. The largest absolute Gasteiger partial charge is 0.325 e. The van der Waals surface area contributed by atoms with Gasteiger partial charge in [-0.05, 0) is 47.4 Å². The van der Waals surface area contributed by atoms with Crippen LogP contribution >= 0.6 is 11.6 Å². The average molecular weight is 488 g/mol. The number of nitrogens with one attached hydrogen (secondary N) is 1. The van der Waals surface area contributed by atoms with Gasteiger partial charge in [-0.15, -0.1) is 0 Å². The molecule has 0 aliphatic carbocycles. The van der Waals surface area contributed by atoms with Crippen LogP contribution in [0.3, 0.4) is 0 Å². The minimum atomic E-state index is -0.512. The molecule has 3 aromatic heterocycles. The number of halogens is 2. The second kappa shape index (κ2) is 9.16. The van der Waals surface area contributed by atoms with Crippen LogP contribution in [0.25, 0.3) is 11.1 Å². The molecule has 4 heterocycles. The zero-order chi connectivity index (χ0) is 24.5. The third-order valence-electron chi connectivity index (χ3n) is 5.91. The molecule has 174 valence electrons. The molecule has 0 radical (unpaired) electrons. The van der Waals surface area contributed by atoms with Crippen molar-refractivity contribution in [2.45, 2.75) is 12.8 Å². The summed E-state index contributed by atoms with van der Waals surface area (Å²) < 4.78 is 16.4. The number of nitrogens with zero attached hydrogens (tertiary/aromatic N) is 6. The van der Waals surface area contributed by atoms with Crippen LogP contribution in [-0.4, -0.2) is 32.2 Å². The zero-order valence-electron chi connectivity index (χ0n) is 18.7. The second-order valence-corrected chi connectivity index (χ2v) is 8.44. The van der Waals surface area contributed by atoms with Crippen molar-refractivity contribution in [3.05, 3.63) is 82.6 Å². The Kier molecular flexibility index (Phi) is 5.89. The molecule has 4 aromatic rings. The van der Waals surface area contributed by atoms with Gasteiger partial charge >= 0.3 is 0 Å². The molecular formula is C25H19ClFN7O. The van der Waals surface area contributed by atoms with Crippen LogP contribution in [0.2, 0.25) is 5.15 Å². The highest BCUT2D eigenvalue weighted by atomic mass is 35.5. The first-order valence-corrected chi connectivity index (χ1v) is 11.2. The Morgan fingerprint density at radius 1 is 1.26 bits per heavy atom. The number of nitriles is 1. The topological polar surface area (TPSA) is 99.7 Å². The minimum absolute atomic E-state index is 0.0702. The molecule has 1 N–H and O–H groups in total. The molecule has 8 nitrogen and oxygen atoms in total. The van der Waals surface area contributed by atoms with Gasteiger partial charge in [-0.25, -0.2) is 14.4 Å². The highest BCUT2D eigenvalue weighted by molar-refractivity contribution is 6.30. The Bertz CT molecular complexity index is 1490. The van der Waals surface area contributed by atoms with E-state index in [-0.39, 0.29) is 17.5 Å². The number of carbonyl (C=O) groups excluding carboxylic acids is 1. The number of fused-ring (bicyclic) bond motifs is 1. The molecule has 5 rings (SSSR count). The summed E-state index contributed by atoms with van der Waals surface area (Å²) in [7, 11) is 1.78. The fourth-order valence-electron chi connectivity index (χ4n) is 4.20. The highest BCUT2D eigenvalue weighted by Crippen LogP contribution is 2.37. The van der Waals surface area contributed by atoms with E-state index in [0.717, 1.165) is 11.8 Å². The first kappa shape index (κ1) is 22.5. The van der Waals surface area contributed by atoms with Gasteiger partial charge in [-0.1, -0.05) is 17.7 Å². The van der Waals surface area contributed by atoms with Crippen molar-refractivity contribution < 1.29 is 9.18 Å². The third-order valence-corrected chi connectivity index (χ3v) is 6.25. The van der Waals surface area contributed by atoms with Gasteiger partial charge in [0, 0.05) is 31.4 Å². The van der Waals surface area contributed by atoms with Crippen molar-refractivity contribution in [1.29, 1.82) is 5.26 Å². The van der Waals surface area contributed by atoms with E-state index in [0.29, 0.717) is 52.5 Å². The van der Waals surface area contributed by atoms with Crippen LogP contribution in [0.4, 0.5) is 21.7 Å². The molecule has 0 atom stereocenters. The lowest BCUT2D eigenvalue weighted by Crippen LogP contribution is -2.31. The molecular weight excluding hydrogens is 469 g/mol. The number of anilines is 3. The summed E-state index contributed by atoms with van der Waals surface area (Å²) in [5.74, 6) is 0.445. The Hall–Kier alpha value is -4.29. The quantitative estimate of drug-likeness (QED) is 0.418. The predicted octanol–water partition coefficient (Wildman–Crippen LogP) is 4.42. The molecule has 1 aliphatic heterocycles. The maximum atomic E-state index is 14.8. The van der Waals surface area contributed by atoms with E-state index >= 15 is 0 Å². The van der Waals surface area contributed by atoms with Crippen molar-refractivity contribution >= 4 is 34.8 Å². The van der Waals surface area contributed by atoms with Crippen LogP contribution in [-0.2, 0) is 24.7 Å². The zero-order valence-corrected chi connectivity index (χ0v) is 19.4. The molecule has 0 bridgehead atoms. The van der Waals surface area contributed by atoms with Gasteiger partial charge in [0.2, 0.25) is 5.91 Å². The molecule has 0 spiro atoms. The first-order valence-electron chi connectivity index (χ1n) is 10.8. The summed E-state index contributed by atoms with van der Waals surface area (Å²) in [6.45, 7) is 0.427. The predicted molar refractivity (Wildman–Crippen MR) is 130 cm³/mol. The number of amides is 1. The SMILES string of the molecule is Cn1nccc1Nc1cc(-c2cc(C#N)c3c(c2)CCN3C(=O)Cc2cccnc2Cl)c(F)cn1. The summed E-state index contributed by atoms with van der Waals surface area (Å²) in [6.07, 6.45) is 4.97. The van der Waals surface area contributed by atoms with Crippen LogP contribution in [0, 0.1) is 17.1 Å². The number of carbonyl (C=O) groups is 1. The van der Waals surface area contributed by atoms with Crippen LogP contribution in [0.1, 0.15) is 16.7 Å². The van der Waals surface area contributed by atoms with E-state index in [1.54, 1.807) is 59.4 Å². The first-order chi connectivity index (χ1) is 16.9. The fourth-order valence-corrected chi connectivity index (χ4v) is 4.39. The highest BCUT2D eigenvalue weighted by Gasteiger charge is 2.29. The smallest absolute Gasteiger partial charge is 0.231 e. The maximum absolute atomic E-state index is 14.8.